The van der Waals surface area contributed by atoms with E-state index < -0.39 is 5.82 Å². The minimum atomic E-state index is -0.467. The van der Waals surface area contributed by atoms with Crippen LogP contribution in [0.4, 0.5) is 10.1 Å². The van der Waals surface area contributed by atoms with Crippen molar-refractivity contribution in [2.45, 2.75) is 12.8 Å². The lowest BCUT2D eigenvalue weighted by molar-refractivity contribution is -0.117. The monoisotopic (exact) mass is 209 g/mol. The number of nitrogens with one attached hydrogen (secondary N) is 1. The molecule has 1 aromatic carbocycles. The zero-order valence-corrected chi connectivity index (χ0v) is 8.42. The largest absolute Gasteiger partial charge is 0.494 e. The Hall–Kier alpha value is -1.58. The highest BCUT2D eigenvalue weighted by atomic mass is 19.1. The van der Waals surface area contributed by atoms with E-state index in [0.29, 0.717) is 5.69 Å². The number of carbonyl (C=O) groups excluding carboxylic acids is 1. The fraction of sp³-hybridized carbons (Fsp3) is 0.364. The van der Waals surface area contributed by atoms with Gasteiger partial charge in [-0.2, -0.15) is 0 Å². The van der Waals surface area contributed by atoms with Gasteiger partial charge in [-0.3, -0.25) is 4.79 Å². The van der Waals surface area contributed by atoms with Gasteiger partial charge in [-0.1, -0.05) is 0 Å². The number of carbonyl (C=O) groups is 1. The first kappa shape index (κ1) is 9.96. The molecule has 1 saturated carbocycles. The molecule has 15 heavy (non-hydrogen) atoms. The summed E-state index contributed by atoms with van der Waals surface area (Å²) < 4.78 is 18.0. The van der Waals surface area contributed by atoms with Gasteiger partial charge in [-0.15, -0.1) is 0 Å². The molecule has 1 fully saturated rings. The van der Waals surface area contributed by atoms with Gasteiger partial charge in [-0.05, 0) is 25.0 Å². The Morgan fingerprint density at radius 2 is 2.27 bits per heavy atom. The molecule has 3 nitrogen and oxygen atoms in total. The molecule has 0 heterocycles. The maximum absolute atomic E-state index is 13.2. The van der Waals surface area contributed by atoms with Crippen molar-refractivity contribution in [1.82, 2.24) is 0 Å². The first-order valence-electron chi connectivity index (χ1n) is 4.85. The standard InChI is InChI=1S/C11H12FNO2/c1-15-10-5-4-8(6-9(10)12)13-11(14)7-2-3-7/h4-7H,2-3H2,1H3,(H,13,14). The van der Waals surface area contributed by atoms with Crippen LogP contribution in [0.3, 0.4) is 0 Å². The van der Waals surface area contributed by atoms with Crippen molar-refractivity contribution in [3.63, 3.8) is 0 Å². The van der Waals surface area contributed by atoms with E-state index in [2.05, 4.69) is 5.32 Å². The van der Waals surface area contributed by atoms with Crippen molar-refractivity contribution in [2.24, 2.45) is 5.92 Å². The van der Waals surface area contributed by atoms with E-state index in [1.807, 2.05) is 0 Å². The van der Waals surface area contributed by atoms with E-state index in [1.165, 1.54) is 19.2 Å². The molecule has 0 atom stereocenters. The molecule has 0 spiro atoms. The van der Waals surface area contributed by atoms with Gasteiger partial charge in [-0.25, -0.2) is 4.39 Å². The Bertz CT molecular complexity index is 388. The zero-order valence-electron chi connectivity index (χ0n) is 8.42. The first-order chi connectivity index (χ1) is 7.20. The van der Waals surface area contributed by atoms with Crippen LogP contribution in [-0.2, 0) is 4.79 Å². The molecule has 0 aliphatic heterocycles. The highest BCUT2D eigenvalue weighted by Gasteiger charge is 2.29. The predicted octanol–water partition coefficient (Wildman–Crippen LogP) is 2.18. The van der Waals surface area contributed by atoms with Gasteiger partial charge >= 0.3 is 0 Å². The van der Waals surface area contributed by atoms with Crippen LogP contribution in [0.5, 0.6) is 5.75 Å². The molecule has 0 radical (unpaired) electrons. The SMILES string of the molecule is COc1ccc(NC(=O)C2CC2)cc1F. The van der Waals surface area contributed by atoms with E-state index in [1.54, 1.807) is 6.07 Å². The van der Waals surface area contributed by atoms with Gasteiger partial charge in [0.15, 0.2) is 11.6 Å². The van der Waals surface area contributed by atoms with Crippen LogP contribution in [0.2, 0.25) is 0 Å². The average molecular weight is 209 g/mol. The predicted molar refractivity (Wildman–Crippen MR) is 54.3 cm³/mol. The van der Waals surface area contributed by atoms with Crippen LogP contribution in [0.1, 0.15) is 12.8 Å². The van der Waals surface area contributed by atoms with Crippen LogP contribution in [0.15, 0.2) is 18.2 Å². The molecule has 0 unspecified atom stereocenters. The minimum Gasteiger partial charge on any atom is -0.494 e. The quantitative estimate of drug-likeness (QED) is 0.828. The lowest BCUT2D eigenvalue weighted by Crippen LogP contribution is -2.13. The number of anilines is 1. The van der Waals surface area contributed by atoms with E-state index in [0.717, 1.165) is 12.8 Å². The Morgan fingerprint density at radius 1 is 1.53 bits per heavy atom. The molecule has 1 amide bonds. The Morgan fingerprint density at radius 3 is 2.80 bits per heavy atom. The lowest BCUT2D eigenvalue weighted by atomic mass is 10.2. The van der Waals surface area contributed by atoms with E-state index in [-0.39, 0.29) is 17.6 Å². The van der Waals surface area contributed by atoms with Gasteiger partial charge in [0, 0.05) is 17.7 Å². The summed E-state index contributed by atoms with van der Waals surface area (Å²) in [6, 6.07) is 4.39. The summed E-state index contributed by atoms with van der Waals surface area (Å²) in [5.41, 5.74) is 0.477. The summed E-state index contributed by atoms with van der Waals surface area (Å²) in [6.07, 6.45) is 1.87. The average Bonchev–Trinajstić information content (AvgIpc) is 3.01. The van der Waals surface area contributed by atoms with Crippen LogP contribution in [0.25, 0.3) is 0 Å². The molecule has 1 aliphatic carbocycles. The van der Waals surface area contributed by atoms with E-state index >= 15 is 0 Å². The van der Waals surface area contributed by atoms with Crippen LogP contribution < -0.4 is 10.1 Å². The maximum atomic E-state index is 13.2. The van der Waals surface area contributed by atoms with Gasteiger partial charge in [0.05, 0.1) is 7.11 Å². The molecule has 1 aliphatic rings. The van der Waals surface area contributed by atoms with Crippen molar-refractivity contribution in [3.05, 3.63) is 24.0 Å². The van der Waals surface area contributed by atoms with Crippen molar-refractivity contribution in [2.75, 3.05) is 12.4 Å². The number of methoxy groups -OCH3 is 1. The van der Waals surface area contributed by atoms with Gasteiger partial charge in [0.2, 0.25) is 5.91 Å². The fourth-order valence-electron chi connectivity index (χ4n) is 1.33. The second kappa shape index (κ2) is 3.88. The topological polar surface area (TPSA) is 38.3 Å². The highest BCUT2D eigenvalue weighted by Crippen LogP contribution is 2.30. The molecular weight excluding hydrogens is 197 g/mol. The molecule has 0 bridgehead atoms. The molecule has 4 heteroatoms. The van der Waals surface area contributed by atoms with Gasteiger partial charge < -0.3 is 10.1 Å². The Kier molecular flexibility index (Phi) is 2.58. The van der Waals surface area contributed by atoms with Crippen molar-refractivity contribution in [3.8, 4) is 5.75 Å². The summed E-state index contributed by atoms with van der Waals surface area (Å²) in [5, 5.41) is 2.66. The smallest absolute Gasteiger partial charge is 0.227 e. The number of rotatable bonds is 3. The third-order valence-corrected chi connectivity index (χ3v) is 2.37. The summed E-state index contributed by atoms with van der Waals surface area (Å²) in [4.78, 5) is 11.4. The summed E-state index contributed by atoms with van der Waals surface area (Å²) >= 11 is 0. The van der Waals surface area contributed by atoms with Crippen molar-refractivity contribution in [1.29, 1.82) is 0 Å². The van der Waals surface area contributed by atoms with Gasteiger partial charge in [0.25, 0.3) is 0 Å². The molecular formula is C11H12FNO2. The van der Waals surface area contributed by atoms with Crippen LogP contribution in [0, 0.1) is 11.7 Å². The molecule has 0 saturated heterocycles. The second-order valence-electron chi connectivity index (χ2n) is 3.61. The number of ether oxygens (including phenoxy) is 1. The summed E-state index contributed by atoms with van der Waals surface area (Å²) in [7, 11) is 1.40. The molecule has 2 rings (SSSR count). The third kappa shape index (κ3) is 2.26. The normalized spacial score (nSPS) is 14.8. The molecule has 0 aromatic heterocycles. The number of hydrogen-bond donors (Lipinski definition) is 1. The van der Waals surface area contributed by atoms with Gasteiger partial charge in [0.1, 0.15) is 0 Å². The Labute approximate surface area is 87.2 Å². The highest BCUT2D eigenvalue weighted by molar-refractivity contribution is 5.94. The maximum Gasteiger partial charge on any atom is 0.227 e. The lowest BCUT2D eigenvalue weighted by Gasteiger charge is -2.06. The van der Waals surface area contributed by atoms with E-state index in [9.17, 15) is 9.18 Å². The summed E-state index contributed by atoms with van der Waals surface area (Å²) in [6.45, 7) is 0. The Balaban J connectivity index is 2.08. The fourth-order valence-corrected chi connectivity index (χ4v) is 1.33. The first-order valence-corrected chi connectivity index (χ1v) is 4.85. The number of halogens is 1. The third-order valence-electron chi connectivity index (χ3n) is 2.37. The molecule has 1 N–H and O–H groups in total. The minimum absolute atomic E-state index is 0.0282. The zero-order chi connectivity index (χ0) is 10.8. The number of benzene rings is 1. The molecule has 1 aromatic rings. The van der Waals surface area contributed by atoms with Crippen molar-refractivity contribution >= 4 is 11.6 Å². The summed E-state index contributed by atoms with van der Waals surface area (Å²) in [5.74, 6) is -0.194. The molecule has 80 valence electrons. The van der Waals surface area contributed by atoms with E-state index in [4.69, 9.17) is 4.74 Å². The van der Waals surface area contributed by atoms with Crippen molar-refractivity contribution < 1.29 is 13.9 Å². The van der Waals surface area contributed by atoms with Crippen LogP contribution in [-0.4, -0.2) is 13.0 Å². The number of amides is 1. The van der Waals surface area contributed by atoms with Crippen LogP contribution >= 0.6 is 0 Å². The second-order valence-corrected chi connectivity index (χ2v) is 3.61. The number of hydrogen-bond acceptors (Lipinski definition) is 2.